The summed E-state index contributed by atoms with van der Waals surface area (Å²) in [4.78, 5) is 4.04. The molecule has 0 spiro atoms. The Labute approximate surface area is 113 Å². The molecule has 0 aliphatic carbocycles. The molecule has 0 saturated carbocycles. The average molecular weight is 287 g/mol. The molecule has 0 radical (unpaired) electrons. The second-order valence-electron chi connectivity index (χ2n) is 3.91. The number of rotatable bonds is 3. The molecule has 1 N–H and O–H groups in total. The summed E-state index contributed by atoms with van der Waals surface area (Å²) in [5.74, 6) is 0.576. The van der Waals surface area contributed by atoms with Gasteiger partial charge in [0.25, 0.3) is 0 Å². The van der Waals surface area contributed by atoms with Gasteiger partial charge in [-0.15, -0.1) is 0 Å². The molecular formula is C13H10ClF3N2. The molecular weight excluding hydrogens is 277 g/mol. The fourth-order valence-corrected chi connectivity index (χ4v) is 1.67. The van der Waals surface area contributed by atoms with Gasteiger partial charge in [-0.25, -0.2) is 4.98 Å². The van der Waals surface area contributed by atoms with Crippen LogP contribution in [-0.4, -0.2) is 4.98 Å². The number of hydrogen-bond acceptors (Lipinski definition) is 2. The first-order chi connectivity index (χ1) is 8.95. The van der Waals surface area contributed by atoms with Gasteiger partial charge >= 0.3 is 6.18 Å². The first-order valence-electron chi connectivity index (χ1n) is 5.47. The van der Waals surface area contributed by atoms with Gasteiger partial charge in [0.2, 0.25) is 0 Å². The highest BCUT2D eigenvalue weighted by Gasteiger charge is 2.29. The van der Waals surface area contributed by atoms with Gasteiger partial charge in [0, 0.05) is 17.8 Å². The molecule has 0 aliphatic rings. The lowest BCUT2D eigenvalue weighted by molar-refractivity contribution is -0.137. The Morgan fingerprint density at radius 1 is 1.11 bits per heavy atom. The van der Waals surface area contributed by atoms with E-state index < -0.39 is 11.7 Å². The van der Waals surface area contributed by atoms with Crippen molar-refractivity contribution in [2.75, 3.05) is 5.32 Å². The van der Waals surface area contributed by atoms with E-state index >= 15 is 0 Å². The zero-order valence-corrected chi connectivity index (χ0v) is 10.5. The van der Waals surface area contributed by atoms with E-state index in [0.29, 0.717) is 17.4 Å². The number of benzene rings is 1. The minimum absolute atomic E-state index is 0.380. The predicted octanol–water partition coefficient (Wildman–Crippen LogP) is 4.37. The lowest BCUT2D eigenvalue weighted by Crippen LogP contribution is -2.06. The van der Waals surface area contributed by atoms with E-state index in [0.717, 1.165) is 17.7 Å². The second-order valence-corrected chi connectivity index (χ2v) is 4.34. The minimum atomic E-state index is -4.31. The Morgan fingerprint density at radius 2 is 1.79 bits per heavy atom. The van der Waals surface area contributed by atoms with Crippen molar-refractivity contribution in [2.24, 2.45) is 0 Å². The quantitative estimate of drug-likeness (QED) is 0.906. The molecule has 0 atom stereocenters. The number of pyridine rings is 1. The number of halogens is 4. The monoisotopic (exact) mass is 286 g/mol. The van der Waals surface area contributed by atoms with Crippen molar-refractivity contribution < 1.29 is 13.2 Å². The van der Waals surface area contributed by atoms with Crippen LogP contribution in [0.5, 0.6) is 0 Å². The van der Waals surface area contributed by atoms with Crippen molar-refractivity contribution in [3.63, 3.8) is 0 Å². The lowest BCUT2D eigenvalue weighted by atomic mass is 10.1. The Balaban J connectivity index is 2.01. The molecule has 6 heteroatoms. The van der Waals surface area contributed by atoms with Crippen molar-refractivity contribution in [3.05, 3.63) is 58.7 Å². The predicted molar refractivity (Wildman–Crippen MR) is 68.0 cm³/mol. The summed E-state index contributed by atoms with van der Waals surface area (Å²) in [7, 11) is 0. The minimum Gasteiger partial charge on any atom is -0.366 e. The SMILES string of the molecule is FC(F)(F)c1ccc(CNc2cc(Cl)ccn2)cc1. The highest BCUT2D eigenvalue weighted by Crippen LogP contribution is 2.29. The molecule has 0 amide bonds. The molecule has 0 fully saturated rings. The van der Waals surface area contributed by atoms with Gasteiger partial charge in [-0.05, 0) is 29.8 Å². The molecule has 0 aliphatic heterocycles. The van der Waals surface area contributed by atoms with Crippen molar-refractivity contribution in [2.45, 2.75) is 12.7 Å². The van der Waals surface area contributed by atoms with Crippen molar-refractivity contribution >= 4 is 17.4 Å². The molecule has 1 aromatic carbocycles. The number of aromatic nitrogens is 1. The summed E-state index contributed by atoms with van der Waals surface area (Å²) in [5, 5.41) is 3.53. The number of nitrogens with one attached hydrogen (secondary N) is 1. The molecule has 2 nitrogen and oxygen atoms in total. The third kappa shape index (κ3) is 3.86. The Hall–Kier alpha value is -1.75. The molecule has 1 aromatic heterocycles. The Kier molecular flexibility index (Phi) is 3.95. The summed E-state index contributed by atoms with van der Waals surface area (Å²) in [6.07, 6.45) is -2.75. The van der Waals surface area contributed by atoms with Crippen LogP contribution in [0.2, 0.25) is 5.02 Å². The molecule has 1 heterocycles. The highest BCUT2D eigenvalue weighted by molar-refractivity contribution is 6.30. The number of anilines is 1. The van der Waals surface area contributed by atoms with E-state index in [9.17, 15) is 13.2 Å². The van der Waals surface area contributed by atoms with Crippen LogP contribution in [0, 0.1) is 0 Å². The number of alkyl halides is 3. The molecule has 100 valence electrons. The van der Waals surface area contributed by atoms with E-state index in [1.54, 1.807) is 18.3 Å². The topological polar surface area (TPSA) is 24.9 Å². The molecule has 0 saturated heterocycles. The van der Waals surface area contributed by atoms with E-state index in [2.05, 4.69) is 10.3 Å². The van der Waals surface area contributed by atoms with Gasteiger partial charge in [0.05, 0.1) is 5.56 Å². The third-order valence-electron chi connectivity index (χ3n) is 2.48. The standard InChI is InChI=1S/C13H10ClF3N2/c14-11-5-6-18-12(7-11)19-8-9-1-3-10(4-2-9)13(15,16)17/h1-7H,8H2,(H,18,19). The maximum atomic E-state index is 12.4. The van der Waals surface area contributed by atoms with E-state index in [1.165, 1.54) is 12.1 Å². The molecule has 19 heavy (non-hydrogen) atoms. The van der Waals surface area contributed by atoms with Gasteiger partial charge in [-0.1, -0.05) is 23.7 Å². The van der Waals surface area contributed by atoms with Crippen LogP contribution in [0.4, 0.5) is 19.0 Å². The van der Waals surface area contributed by atoms with Gasteiger partial charge in [0.15, 0.2) is 0 Å². The summed E-state index contributed by atoms with van der Waals surface area (Å²) < 4.78 is 37.1. The summed E-state index contributed by atoms with van der Waals surface area (Å²) in [6, 6.07) is 8.27. The van der Waals surface area contributed by atoms with E-state index in [-0.39, 0.29) is 0 Å². The second kappa shape index (κ2) is 5.48. The smallest absolute Gasteiger partial charge is 0.366 e. The van der Waals surface area contributed by atoms with Gasteiger partial charge in [-0.3, -0.25) is 0 Å². The fourth-order valence-electron chi connectivity index (χ4n) is 1.51. The average Bonchev–Trinajstić information content (AvgIpc) is 2.36. The zero-order valence-electron chi connectivity index (χ0n) is 9.71. The molecule has 0 unspecified atom stereocenters. The van der Waals surface area contributed by atoms with Crippen LogP contribution in [0.1, 0.15) is 11.1 Å². The summed E-state index contributed by atoms with van der Waals surface area (Å²) >= 11 is 5.79. The Morgan fingerprint density at radius 3 is 2.37 bits per heavy atom. The lowest BCUT2D eigenvalue weighted by Gasteiger charge is -2.09. The van der Waals surface area contributed by atoms with Crippen molar-refractivity contribution in [1.82, 2.24) is 4.98 Å². The maximum absolute atomic E-state index is 12.4. The number of hydrogen-bond donors (Lipinski definition) is 1. The molecule has 0 bridgehead atoms. The van der Waals surface area contributed by atoms with E-state index in [1.807, 2.05) is 0 Å². The first-order valence-corrected chi connectivity index (χ1v) is 5.84. The highest BCUT2D eigenvalue weighted by atomic mass is 35.5. The summed E-state index contributed by atoms with van der Waals surface area (Å²) in [6.45, 7) is 0.380. The van der Waals surface area contributed by atoms with Crippen molar-refractivity contribution in [1.29, 1.82) is 0 Å². The van der Waals surface area contributed by atoms with Crippen LogP contribution in [0.3, 0.4) is 0 Å². The van der Waals surface area contributed by atoms with Crippen LogP contribution < -0.4 is 5.32 Å². The first kappa shape index (κ1) is 13.7. The van der Waals surface area contributed by atoms with Crippen LogP contribution >= 0.6 is 11.6 Å². The zero-order chi connectivity index (χ0) is 13.9. The summed E-state index contributed by atoms with van der Waals surface area (Å²) in [5.41, 5.74) is 0.0758. The van der Waals surface area contributed by atoms with Crippen LogP contribution in [-0.2, 0) is 12.7 Å². The van der Waals surface area contributed by atoms with Gasteiger partial charge < -0.3 is 5.32 Å². The van der Waals surface area contributed by atoms with Gasteiger partial charge in [-0.2, -0.15) is 13.2 Å². The molecule has 2 aromatic rings. The van der Waals surface area contributed by atoms with Crippen molar-refractivity contribution in [3.8, 4) is 0 Å². The van der Waals surface area contributed by atoms with Gasteiger partial charge in [0.1, 0.15) is 5.82 Å². The maximum Gasteiger partial charge on any atom is 0.416 e. The van der Waals surface area contributed by atoms with Crippen LogP contribution in [0.25, 0.3) is 0 Å². The molecule has 2 rings (SSSR count). The number of nitrogens with zero attached hydrogens (tertiary/aromatic N) is 1. The normalized spacial score (nSPS) is 11.4. The van der Waals surface area contributed by atoms with E-state index in [4.69, 9.17) is 11.6 Å². The van der Waals surface area contributed by atoms with Crippen LogP contribution in [0.15, 0.2) is 42.6 Å². The Bertz CT molecular complexity index is 553. The largest absolute Gasteiger partial charge is 0.416 e. The fraction of sp³-hybridized carbons (Fsp3) is 0.154. The third-order valence-corrected chi connectivity index (χ3v) is 2.71.